The van der Waals surface area contributed by atoms with E-state index in [1.807, 2.05) is 13.0 Å². The molecule has 1 saturated carbocycles. The second kappa shape index (κ2) is 8.08. The molecule has 2 N–H and O–H groups in total. The van der Waals surface area contributed by atoms with Crippen molar-refractivity contribution in [1.29, 1.82) is 0 Å². The molecule has 1 fully saturated rings. The largest absolute Gasteiger partial charge is 0.347 e. The van der Waals surface area contributed by atoms with Crippen LogP contribution < -0.4 is 15.5 Å². The van der Waals surface area contributed by atoms with E-state index < -0.39 is 0 Å². The summed E-state index contributed by atoms with van der Waals surface area (Å²) in [5.74, 6) is 1.61. The summed E-state index contributed by atoms with van der Waals surface area (Å²) in [6.45, 7) is 7.86. The molecule has 0 saturated heterocycles. The first kappa shape index (κ1) is 20.2. The fraction of sp³-hybridized carbons (Fsp3) is 0.480. The summed E-state index contributed by atoms with van der Waals surface area (Å²) in [6, 6.07) is 8.80. The van der Waals surface area contributed by atoms with Gasteiger partial charge in [-0.2, -0.15) is 0 Å². The molecule has 6 nitrogen and oxygen atoms in total. The van der Waals surface area contributed by atoms with E-state index in [4.69, 9.17) is 0 Å². The van der Waals surface area contributed by atoms with E-state index in [-0.39, 0.29) is 23.9 Å². The molecule has 0 bridgehead atoms. The molecule has 31 heavy (non-hydrogen) atoms. The van der Waals surface area contributed by atoms with Crippen LogP contribution in [-0.2, 0) is 4.79 Å². The maximum absolute atomic E-state index is 12.8. The van der Waals surface area contributed by atoms with Gasteiger partial charge in [0, 0.05) is 43.0 Å². The van der Waals surface area contributed by atoms with Crippen LogP contribution in [0.4, 0.5) is 11.6 Å². The lowest BCUT2D eigenvalue weighted by Crippen LogP contribution is -2.51. The van der Waals surface area contributed by atoms with Crippen LogP contribution in [0.25, 0.3) is 5.57 Å². The minimum Gasteiger partial charge on any atom is -0.347 e. The lowest BCUT2D eigenvalue weighted by molar-refractivity contribution is -0.117. The number of carbonyl (C=O) groups excluding carboxylic acids is 1. The minimum absolute atomic E-state index is 0.0558. The second-order valence-corrected chi connectivity index (χ2v) is 9.18. The Bertz CT molecular complexity index is 1030. The topological polar surface area (TPSA) is 70.2 Å². The first-order valence-electron chi connectivity index (χ1n) is 11.4. The summed E-state index contributed by atoms with van der Waals surface area (Å²) < 4.78 is 0. The first-order valence-corrected chi connectivity index (χ1v) is 11.4. The molecule has 2 aliphatic heterocycles. The van der Waals surface area contributed by atoms with E-state index in [2.05, 4.69) is 56.7 Å². The van der Waals surface area contributed by atoms with E-state index in [1.54, 1.807) is 13.1 Å². The standard InChI is InChI=1S/C25H31N5O/c1-15-8-13-27-25(28-15)29-23-16(2)24(19-4-5-19)30(17(3)31)22-7-6-20(14-21(22)23)18-9-11-26-12-10-18/h6-9,13-14,16,19,23-24,26H,4-5,10-12H2,1-3H3,(H,27,28,29). The average Bonchev–Trinajstić information content (AvgIpc) is 3.60. The molecule has 0 radical (unpaired) electrons. The molecular weight excluding hydrogens is 386 g/mol. The van der Waals surface area contributed by atoms with Gasteiger partial charge in [0.05, 0.1) is 6.04 Å². The predicted octanol–water partition coefficient (Wildman–Crippen LogP) is 4.10. The molecule has 2 aromatic rings. The Labute approximate surface area is 184 Å². The van der Waals surface area contributed by atoms with E-state index in [0.717, 1.165) is 30.9 Å². The van der Waals surface area contributed by atoms with Gasteiger partial charge in [0.25, 0.3) is 0 Å². The summed E-state index contributed by atoms with van der Waals surface area (Å²) in [4.78, 5) is 23.9. The third-order valence-corrected chi connectivity index (χ3v) is 6.94. The predicted molar refractivity (Wildman–Crippen MR) is 124 cm³/mol. The lowest BCUT2D eigenvalue weighted by Gasteiger charge is -2.46. The maximum atomic E-state index is 12.8. The van der Waals surface area contributed by atoms with Crippen molar-refractivity contribution in [1.82, 2.24) is 15.3 Å². The highest BCUT2D eigenvalue weighted by atomic mass is 16.2. The van der Waals surface area contributed by atoms with Crippen LogP contribution in [0.15, 0.2) is 36.5 Å². The highest BCUT2D eigenvalue weighted by Gasteiger charge is 2.47. The normalized spacial score (nSPS) is 25.6. The van der Waals surface area contributed by atoms with Crippen LogP contribution in [-0.4, -0.2) is 35.0 Å². The van der Waals surface area contributed by atoms with Gasteiger partial charge in [-0.15, -0.1) is 0 Å². The molecule has 5 rings (SSSR count). The zero-order chi connectivity index (χ0) is 21.5. The van der Waals surface area contributed by atoms with Gasteiger partial charge in [-0.05, 0) is 73.5 Å². The van der Waals surface area contributed by atoms with Crippen molar-refractivity contribution in [2.45, 2.75) is 52.1 Å². The number of rotatable bonds is 4. The summed E-state index contributed by atoms with van der Waals surface area (Å²) >= 11 is 0. The van der Waals surface area contributed by atoms with Crippen molar-refractivity contribution in [3.05, 3.63) is 53.4 Å². The molecule has 3 heterocycles. The molecule has 3 aliphatic rings. The number of carbonyl (C=O) groups is 1. The molecule has 3 atom stereocenters. The Morgan fingerprint density at radius 1 is 1.26 bits per heavy atom. The van der Waals surface area contributed by atoms with Crippen LogP contribution in [0, 0.1) is 18.8 Å². The van der Waals surface area contributed by atoms with E-state index in [9.17, 15) is 4.79 Å². The van der Waals surface area contributed by atoms with Crippen molar-refractivity contribution in [3.8, 4) is 0 Å². The number of anilines is 2. The van der Waals surface area contributed by atoms with Crippen LogP contribution >= 0.6 is 0 Å². The van der Waals surface area contributed by atoms with Crippen LogP contribution in [0.3, 0.4) is 0 Å². The van der Waals surface area contributed by atoms with Gasteiger partial charge in [-0.3, -0.25) is 4.79 Å². The fourth-order valence-electron chi connectivity index (χ4n) is 5.31. The number of nitrogens with one attached hydrogen (secondary N) is 2. The Hall–Kier alpha value is -2.73. The van der Waals surface area contributed by atoms with Crippen molar-refractivity contribution in [3.63, 3.8) is 0 Å². The molecule has 1 amide bonds. The average molecular weight is 418 g/mol. The molecule has 1 aromatic carbocycles. The molecule has 162 valence electrons. The molecule has 3 unspecified atom stereocenters. The third-order valence-electron chi connectivity index (χ3n) is 6.94. The number of benzene rings is 1. The van der Waals surface area contributed by atoms with Crippen molar-refractivity contribution < 1.29 is 4.79 Å². The fourth-order valence-corrected chi connectivity index (χ4v) is 5.31. The quantitative estimate of drug-likeness (QED) is 0.784. The highest BCUT2D eigenvalue weighted by Crippen LogP contribution is 2.50. The van der Waals surface area contributed by atoms with Gasteiger partial charge in [-0.1, -0.05) is 19.1 Å². The monoisotopic (exact) mass is 417 g/mol. The second-order valence-electron chi connectivity index (χ2n) is 9.18. The number of nitrogens with zero attached hydrogens (tertiary/aromatic N) is 3. The zero-order valence-corrected chi connectivity index (χ0v) is 18.6. The van der Waals surface area contributed by atoms with Crippen molar-refractivity contribution >= 4 is 23.1 Å². The molecular formula is C25H31N5O. The summed E-state index contributed by atoms with van der Waals surface area (Å²) in [6.07, 6.45) is 7.49. The van der Waals surface area contributed by atoms with Gasteiger partial charge in [-0.25, -0.2) is 9.97 Å². The number of hydrogen-bond acceptors (Lipinski definition) is 5. The van der Waals surface area contributed by atoms with Gasteiger partial charge >= 0.3 is 0 Å². The number of aryl methyl sites for hydroxylation is 1. The molecule has 6 heteroatoms. The smallest absolute Gasteiger partial charge is 0.224 e. The Morgan fingerprint density at radius 3 is 2.77 bits per heavy atom. The van der Waals surface area contributed by atoms with Gasteiger partial charge in [0.2, 0.25) is 11.9 Å². The van der Waals surface area contributed by atoms with E-state index in [1.165, 1.54) is 29.5 Å². The Morgan fingerprint density at radius 2 is 2.10 bits per heavy atom. The minimum atomic E-state index is 0.0558. The van der Waals surface area contributed by atoms with Crippen LogP contribution in [0.5, 0.6) is 0 Å². The summed E-state index contributed by atoms with van der Waals surface area (Å²) in [5.41, 5.74) is 5.77. The Kier molecular flexibility index (Phi) is 5.26. The van der Waals surface area contributed by atoms with Crippen molar-refractivity contribution in [2.75, 3.05) is 23.3 Å². The van der Waals surface area contributed by atoms with Crippen LogP contribution in [0.1, 0.15) is 56.0 Å². The van der Waals surface area contributed by atoms with E-state index >= 15 is 0 Å². The molecule has 1 aliphatic carbocycles. The highest BCUT2D eigenvalue weighted by molar-refractivity contribution is 5.94. The van der Waals surface area contributed by atoms with Crippen LogP contribution in [0.2, 0.25) is 0 Å². The number of hydrogen-bond donors (Lipinski definition) is 2. The third kappa shape index (κ3) is 3.85. The summed E-state index contributed by atoms with van der Waals surface area (Å²) in [5, 5.41) is 7.03. The lowest BCUT2D eigenvalue weighted by atomic mass is 9.79. The number of fused-ring (bicyclic) bond motifs is 1. The van der Waals surface area contributed by atoms with Gasteiger partial charge in [0.1, 0.15) is 0 Å². The number of amides is 1. The number of aromatic nitrogens is 2. The van der Waals surface area contributed by atoms with Gasteiger partial charge in [0.15, 0.2) is 0 Å². The SMILES string of the molecule is CC(=O)N1c2ccc(C3=CCNCC3)cc2C(Nc2nccc(C)n2)C(C)C1C1CC1. The zero-order valence-electron chi connectivity index (χ0n) is 18.6. The summed E-state index contributed by atoms with van der Waals surface area (Å²) in [7, 11) is 0. The van der Waals surface area contributed by atoms with Gasteiger partial charge < -0.3 is 15.5 Å². The first-order chi connectivity index (χ1) is 15.0. The molecule has 0 spiro atoms. The maximum Gasteiger partial charge on any atom is 0.224 e. The Balaban J connectivity index is 1.61. The van der Waals surface area contributed by atoms with Crippen molar-refractivity contribution in [2.24, 2.45) is 11.8 Å². The molecule has 1 aromatic heterocycles. The van der Waals surface area contributed by atoms with E-state index in [0.29, 0.717) is 11.9 Å².